The van der Waals surface area contributed by atoms with Gasteiger partial charge in [-0.3, -0.25) is 5.32 Å². The van der Waals surface area contributed by atoms with E-state index in [-0.39, 0.29) is 6.42 Å². The molecule has 0 radical (unpaired) electrons. The summed E-state index contributed by atoms with van der Waals surface area (Å²) in [5.74, 6) is -3.19. The summed E-state index contributed by atoms with van der Waals surface area (Å²) in [5.41, 5.74) is 0. The molecule has 0 aromatic heterocycles. The van der Waals surface area contributed by atoms with E-state index in [4.69, 9.17) is 0 Å². The van der Waals surface area contributed by atoms with Gasteiger partial charge in [-0.25, -0.2) is 0 Å². The van der Waals surface area contributed by atoms with Crippen molar-refractivity contribution in [3.63, 3.8) is 0 Å². The van der Waals surface area contributed by atoms with Crippen LogP contribution in [0.25, 0.3) is 0 Å². The minimum absolute atomic E-state index is 0.299. The number of nitrogens with one attached hydrogen (secondary N) is 1. The van der Waals surface area contributed by atoms with Crippen molar-refractivity contribution < 1.29 is 17.2 Å². The van der Waals surface area contributed by atoms with Crippen LogP contribution in [0, 0.1) is 0 Å². The van der Waals surface area contributed by atoms with Crippen molar-refractivity contribution in [1.29, 1.82) is 0 Å². The molecule has 3 nitrogen and oxygen atoms in total. The molecule has 1 aliphatic rings. The van der Waals surface area contributed by atoms with E-state index in [9.17, 15) is 17.2 Å². The first kappa shape index (κ1) is 8.61. The summed E-state index contributed by atoms with van der Waals surface area (Å²) >= 11 is 0. The Morgan fingerprint density at radius 2 is 2.09 bits per heavy atom. The van der Waals surface area contributed by atoms with Gasteiger partial charge in [-0.05, 0) is 6.42 Å². The fourth-order valence-electron chi connectivity index (χ4n) is 0.936. The number of hydrogen-bond acceptors (Lipinski definition) is 2. The SMILES string of the molecule is O=S(=O)=C1NCCCC1(F)F. The van der Waals surface area contributed by atoms with E-state index in [2.05, 4.69) is 5.32 Å². The average molecular weight is 183 g/mol. The second-order valence-electron chi connectivity index (χ2n) is 2.30. The third-order valence-electron chi connectivity index (χ3n) is 1.45. The molecule has 0 aromatic rings. The molecule has 6 heteroatoms. The lowest BCUT2D eigenvalue weighted by molar-refractivity contribution is 0.0572. The topological polar surface area (TPSA) is 46.2 Å². The van der Waals surface area contributed by atoms with Crippen molar-refractivity contribution in [2.75, 3.05) is 6.54 Å². The highest BCUT2D eigenvalue weighted by Crippen LogP contribution is 2.23. The quantitative estimate of drug-likeness (QED) is 0.538. The van der Waals surface area contributed by atoms with Gasteiger partial charge >= 0.3 is 0 Å². The Hall–Kier alpha value is -0.490. The Balaban J connectivity index is 3.04. The third-order valence-corrected chi connectivity index (χ3v) is 2.23. The predicted molar refractivity (Wildman–Crippen MR) is 36.1 cm³/mol. The van der Waals surface area contributed by atoms with E-state index < -0.39 is 21.2 Å². The summed E-state index contributed by atoms with van der Waals surface area (Å²) in [5, 5.41) is 2.16. The molecule has 64 valence electrons. The maximum Gasteiger partial charge on any atom is 0.297 e. The van der Waals surface area contributed by atoms with Crippen molar-refractivity contribution in [1.82, 2.24) is 5.32 Å². The van der Waals surface area contributed by atoms with Crippen LogP contribution in [0.15, 0.2) is 0 Å². The van der Waals surface area contributed by atoms with Crippen LogP contribution in [0.5, 0.6) is 0 Å². The molecule has 1 rings (SSSR count). The van der Waals surface area contributed by atoms with Crippen LogP contribution >= 0.6 is 0 Å². The lowest BCUT2D eigenvalue weighted by Gasteiger charge is -2.21. The number of halogens is 2. The first-order valence-electron chi connectivity index (χ1n) is 3.12. The Labute approximate surface area is 63.9 Å². The molecule has 11 heavy (non-hydrogen) atoms. The third kappa shape index (κ3) is 1.75. The number of alkyl halides is 2. The molecule has 1 saturated heterocycles. The molecule has 0 amide bonds. The van der Waals surface area contributed by atoms with Gasteiger partial charge in [0.15, 0.2) is 4.99 Å². The highest BCUT2D eigenvalue weighted by molar-refractivity contribution is 7.73. The van der Waals surface area contributed by atoms with Crippen molar-refractivity contribution in [2.24, 2.45) is 0 Å². The van der Waals surface area contributed by atoms with Crippen LogP contribution in [0.3, 0.4) is 0 Å². The molecule has 0 atom stereocenters. The summed E-state index contributed by atoms with van der Waals surface area (Å²) in [6.45, 7) is 0.304. The van der Waals surface area contributed by atoms with Crippen molar-refractivity contribution in [2.45, 2.75) is 18.8 Å². The van der Waals surface area contributed by atoms with Crippen molar-refractivity contribution >= 4 is 15.3 Å². The molecule has 1 N–H and O–H groups in total. The lowest BCUT2D eigenvalue weighted by atomic mass is 10.1. The van der Waals surface area contributed by atoms with Gasteiger partial charge in [0.05, 0.1) is 0 Å². The van der Waals surface area contributed by atoms with Crippen LogP contribution in [0.4, 0.5) is 8.78 Å². The van der Waals surface area contributed by atoms with Crippen molar-refractivity contribution in [3.8, 4) is 0 Å². The number of rotatable bonds is 0. The summed E-state index contributed by atoms with van der Waals surface area (Å²) in [4.78, 5) is -0.872. The highest BCUT2D eigenvalue weighted by Gasteiger charge is 2.39. The molecule has 0 saturated carbocycles. The monoisotopic (exact) mass is 183 g/mol. The second kappa shape index (κ2) is 2.86. The standard InChI is InChI=1S/C5H7F2NO2S/c6-5(7)2-1-3-8-4(5)11(9)10/h8H,1-3H2. The number of hydrogen-bond donors (Lipinski definition) is 1. The van der Waals surface area contributed by atoms with Gasteiger partial charge < -0.3 is 0 Å². The smallest absolute Gasteiger partial charge is 0.274 e. The zero-order valence-corrected chi connectivity index (χ0v) is 6.42. The van der Waals surface area contributed by atoms with E-state index in [0.29, 0.717) is 13.0 Å². The van der Waals surface area contributed by atoms with Crippen molar-refractivity contribution in [3.05, 3.63) is 0 Å². The first-order valence-corrected chi connectivity index (χ1v) is 4.20. The van der Waals surface area contributed by atoms with Gasteiger partial charge in [-0.15, -0.1) is 0 Å². The van der Waals surface area contributed by atoms with Crippen LogP contribution in [-0.2, 0) is 10.3 Å². The minimum atomic E-state index is -3.19. The maximum absolute atomic E-state index is 12.6. The van der Waals surface area contributed by atoms with E-state index in [1.54, 1.807) is 0 Å². The summed E-state index contributed by atoms with van der Waals surface area (Å²) in [6, 6.07) is 0. The van der Waals surface area contributed by atoms with Crippen LogP contribution in [0.2, 0.25) is 0 Å². The molecule has 1 aliphatic heterocycles. The van der Waals surface area contributed by atoms with Crippen LogP contribution < -0.4 is 5.32 Å². The highest BCUT2D eigenvalue weighted by atomic mass is 32.2. The lowest BCUT2D eigenvalue weighted by Crippen LogP contribution is -2.45. The number of piperidine rings is 1. The van der Waals surface area contributed by atoms with Gasteiger partial charge in [0.2, 0.25) is 10.3 Å². The fourth-order valence-corrected chi connectivity index (χ4v) is 1.50. The molecular formula is C5H7F2NO2S. The van der Waals surface area contributed by atoms with E-state index in [1.807, 2.05) is 0 Å². The first-order chi connectivity index (χ1) is 5.04. The molecule has 0 aliphatic carbocycles. The van der Waals surface area contributed by atoms with Gasteiger partial charge in [-0.2, -0.15) is 17.2 Å². The zero-order chi connectivity index (χ0) is 8.48. The molecule has 0 spiro atoms. The van der Waals surface area contributed by atoms with Gasteiger partial charge in [0.1, 0.15) is 0 Å². The van der Waals surface area contributed by atoms with Gasteiger partial charge in [0.25, 0.3) is 5.92 Å². The molecule has 1 fully saturated rings. The van der Waals surface area contributed by atoms with E-state index in [1.165, 1.54) is 0 Å². The van der Waals surface area contributed by atoms with Crippen LogP contribution in [-0.4, -0.2) is 25.9 Å². The summed E-state index contributed by atoms with van der Waals surface area (Å²) in [7, 11) is -2.82. The normalized spacial score (nSPS) is 23.3. The second-order valence-corrected chi connectivity index (χ2v) is 3.18. The van der Waals surface area contributed by atoms with E-state index in [0.717, 1.165) is 0 Å². The Kier molecular flexibility index (Phi) is 2.24. The minimum Gasteiger partial charge on any atom is -0.274 e. The predicted octanol–water partition coefficient (Wildman–Crippen LogP) is 0.0141. The average Bonchev–Trinajstić information content (AvgIpc) is 1.85. The van der Waals surface area contributed by atoms with E-state index >= 15 is 0 Å². The van der Waals surface area contributed by atoms with Gasteiger partial charge in [0, 0.05) is 13.0 Å². The molecule has 0 bridgehead atoms. The Morgan fingerprint density at radius 1 is 1.45 bits per heavy atom. The molecule has 0 aromatic carbocycles. The maximum atomic E-state index is 12.6. The summed E-state index contributed by atoms with van der Waals surface area (Å²) in [6.07, 6.45) is -0.0863. The van der Waals surface area contributed by atoms with Crippen LogP contribution in [0.1, 0.15) is 12.8 Å². The zero-order valence-electron chi connectivity index (χ0n) is 5.60. The molecule has 1 heterocycles. The largest absolute Gasteiger partial charge is 0.297 e. The molecule has 0 unspecified atom stereocenters. The fraction of sp³-hybridized carbons (Fsp3) is 0.800. The molecular weight excluding hydrogens is 176 g/mol. The Morgan fingerprint density at radius 3 is 2.45 bits per heavy atom. The summed E-state index contributed by atoms with van der Waals surface area (Å²) < 4.78 is 45.6. The Bertz CT molecular complexity index is 275. The van der Waals surface area contributed by atoms with Gasteiger partial charge in [-0.1, -0.05) is 0 Å².